The van der Waals surface area contributed by atoms with Gasteiger partial charge in [0.25, 0.3) is 5.56 Å². The number of nitrogens with zero attached hydrogens (tertiary/aromatic N) is 1. The first kappa shape index (κ1) is 19.7. The van der Waals surface area contributed by atoms with Crippen molar-refractivity contribution in [3.05, 3.63) is 70.5 Å². The molecule has 0 spiro atoms. The van der Waals surface area contributed by atoms with Crippen molar-refractivity contribution in [2.75, 3.05) is 7.05 Å². The summed E-state index contributed by atoms with van der Waals surface area (Å²) in [4.78, 5) is 23.8. The zero-order valence-electron chi connectivity index (χ0n) is 14.6. The third kappa shape index (κ3) is 3.79. The number of carboxylic acid groups (broad SMARTS) is 1. The fourth-order valence-corrected chi connectivity index (χ4v) is 3.00. The number of rotatable bonds is 5. The summed E-state index contributed by atoms with van der Waals surface area (Å²) in [6.45, 7) is 0. The van der Waals surface area contributed by atoms with Crippen LogP contribution in [0.5, 0.6) is 0 Å². The number of benzene rings is 2. The quantitative estimate of drug-likeness (QED) is 0.722. The number of fused-ring (bicyclic) bond motifs is 1. The van der Waals surface area contributed by atoms with E-state index in [9.17, 15) is 9.59 Å². The molecule has 2 aromatic carbocycles. The molecule has 0 amide bonds. The molecule has 0 radical (unpaired) electrons. The summed E-state index contributed by atoms with van der Waals surface area (Å²) in [5.74, 6) is -0.880. The Labute approximate surface area is 157 Å². The predicted molar refractivity (Wildman–Crippen MR) is 106 cm³/mol. The molecule has 0 saturated heterocycles. The van der Waals surface area contributed by atoms with Crippen LogP contribution < -0.4 is 10.9 Å². The van der Waals surface area contributed by atoms with Gasteiger partial charge in [0.2, 0.25) is 0 Å². The molecule has 5 nitrogen and oxygen atoms in total. The van der Waals surface area contributed by atoms with Gasteiger partial charge in [0, 0.05) is 12.6 Å². The highest BCUT2D eigenvalue weighted by Crippen LogP contribution is 2.21. The van der Waals surface area contributed by atoms with E-state index in [2.05, 4.69) is 5.32 Å². The normalized spacial score (nSPS) is 11.8. The monoisotopic (exact) mass is 372 g/mol. The number of aryl methyl sites for hydroxylation is 1. The summed E-state index contributed by atoms with van der Waals surface area (Å²) in [5, 5.41) is 12.9. The first-order valence-corrected chi connectivity index (χ1v) is 8.09. The molecule has 0 fully saturated rings. The van der Waals surface area contributed by atoms with Crippen LogP contribution >= 0.6 is 12.4 Å². The number of hydrogen-bond donors (Lipinski definition) is 2. The molecule has 3 rings (SSSR count). The van der Waals surface area contributed by atoms with Gasteiger partial charge in [0.15, 0.2) is 0 Å². The van der Waals surface area contributed by atoms with Crippen molar-refractivity contribution in [1.82, 2.24) is 9.88 Å². The Balaban J connectivity index is 0.00000243. The molecule has 0 bridgehead atoms. The number of hydrogen-bond acceptors (Lipinski definition) is 3. The lowest BCUT2D eigenvalue weighted by Gasteiger charge is -2.12. The number of carbonyl (C=O) groups is 1. The average molecular weight is 373 g/mol. The Morgan fingerprint density at radius 2 is 1.81 bits per heavy atom. The number of aromatic nitrogens is 1. The van der Waals surface area contributed by atoms with Gasteiger partial charge in [-0.25, -0.2) is 0 Å². The molecule has 26 heavy (non-hydrogen) atoms. The van der Waals surface area contributed by atoms with E-state index in [1.165, 1.54) is 0 Å². The minimum Gasteiger partial charge on any atom is -0.480 e. The number of aliphatic carboxylic acids is 1. The minimum atomic E-state index is -0.880. The van der Waals surface area contributed by atoms with E-state index < -0.39 is 12.0 Å². The second-order valence-corrected chi connectivity index (χ2v) is 6.06. The fourth-order valence-electron chi connectivity index (χ4n) is 3.00. The Morgan fingerprint density at radius 1 is 1.15 bits per heavy atom. The van der Waals surface area contributed by atoms with Crippen molar-refractivity contribution in [3.63, 3.8) is 0 Å². The van der Waals surface area contributed by atoms with E-state index >= 15 is 0 Å². The molecule has 0 saturated carbocycles. The van der Waals surface area contributed by atoms with Crippen molar-refractivity contribution in [1.29, 1.82) is 0 Å². The maximum atomic E-state index is 12.7. The zero-order valence-corrected chi connectivity index (χ0v) is 15.4. The SMILES string of the molecule is CN[C@@H](Cc1ccc(-c2cc3ccccc3n(C)c2=O)cc1)C(=O)O.Cl. The second-order valence-electron chi connectivity index (χ2n) is 6.06. The van der Waals surface area contributed by atoms with Crippen molar-refractivity contribution >= 4 is 29.3 Å². The van der Waals surface area contributed by atoms with Crippen LogP contribution in [0.3, 0.4) is 0 Å². The van der Waals surface area contributed by atoms with Crippen LogP contribution in [-0.2, 0) is 18.3 Å². The summed E-state index contributed by atoms with van der Waals surface area (Å²) in [6, 6.07) is 16.5. The van der Waals surface area contributed by atoms with Gasteiger partial charge in [-0.1, -0.05) is 42.5 Å². The fraction of sp³-hybridized carbons (Fsp3) is 0.200. The molecule has 2 N–H and O–H groups in total. The number of likely N-dealkylation sites (N-methyl/N-ethyl adjacent to an activating group) is 1. The molecule has 1 atom stereocenters. The molecular formula is C20H21ClN2O3. The molecule has 1 aromatic heterocycles. The van der Waals surface area contributed by atoms with Crippen LogP contribution in [-0.4, -0.2) is 28.7 Å². The molecule has 136 valence electrons. The van der Waals surface area contributed by atoms with Crippen LogP contribution in [0, 0.1) is 0 Å². The minimum absolute atomic E-state index is 0. The highest BCUT2D eigenvalue weighted by atomic mass is 35.5. The Bertz CT molecular complexity index is 981. The first-order chi connectivity index (χ1) is 12.0. The van der Waals surface area contributed by atoms with Crippen LogP contribution in [0.4, 0.5) is 0 Å². The van der Waals surface area contributed by atoms with Crippen molar-refractivity contribution in [3.8, 4) is 11.1 Å². The Morgan fingerprint density at radius 3 is 2.42 bits per heavy atom. The Kier molecular flexibility index (Phi) is 6.18. The summed E-state index contributed by atoms with van der Waals surface area (Å²) >= 11 is 0. The van der Waals surface area contributed by atoms with Gasteiger partial charge >= 0.3 is 5.97 Å². The van der Waals surface area contributed by atoms with Gasteiger partial charge in [0.05, 0.1) is 5.52 Å². The molecule has 0 aliphatic carbocycles. The molecule has 1 heterocycles. The third-order valence-electron chi connectivity index (χ3n) is 4.48. The van der Waals surface area contributed by atoms with Crippen LogP contribution in [0.15, 0.2) is 59.4 Å². The lowest BCUT2D eigenvalue weighted by atomic mass is 10.0. The molecule has 3 aromatic rings. The van der Waals surface area contributed by atoms with E-state index in [0.29, 0.717) is 12.0 Å². The number of para-hydroxylation sites is 1. The van der Waals surface area contributed by atoms with E-state index in [0.717, 1.165) is 22.0 Å². The highest BCUT2D eigenvalue weighted by molar-refractivity contribution is 5.85. The molecule has 6 heteroatoms. The molecule has 0 aliphatic heterocycles. The van der Waals surface area contributed by atoms with Gasteiger partial charge in [0.1, 0.15) is 6.04 Å². The zero-order chi connectivity index (χ0) is 18.0. The topological polar surface area (TPSA) is 71.3 Å². The number of pyridine rings is 1. The summed E-state index contributed by atoms with van der Waals surface area (Å²) < 4.78 is 1.65. The highest BCUT2D eigenvalue weighted by Gasteiger charge is 2.15. The lowest BCUT2D eigenvalue weighted by molar-refractivity contribution is -0.139. The van der Waals surface area contributed by atoms with Crippen LogP contribution in [0.1, 0.15) is 5.56 Å². The van der Waals surface area contributed by atoms with Gasteiger partial charge in [-0.3, -0.25) is 9.59 Å². The van der Waals surface area contributed by atoms with E-state index in [4.69, 9.17) is 5.11 Å². The molecular weight excluding hydrogens is 352 g/mol. The smallest absolute Gasteiger partial charge is 0.321 e. The van der Waals surface area contributed by atoms with Gasteiger partial charge in [-0.15, -0.1) is 12.4 Å². The average Bonchev–Trinajstić information content (AvgIpc) is 2.63. The van der Waals surface area contributed by atoms with Crippen LogP contribution in [0.2, 0.25) is 0 Å². The maximum Gasteiger partial charge on any atom is 0.321 e. The maximum absolute atomic E-state index is 12.7. The number of carboxylic acids is 1. The number of nitrogens with one attached hydrogen (secondary N) is 1. The van der Waals surface area contributed by atoms with Gasteiger partial charge in [-0.2, -0.15) is 0 Å². The number of halogens is 1. The summed E-state index contributed by atoms with van der Waals surface area (Å²) in [6.07, 6.45) is 0.391. The lowest BCUT2D eigenvalue weighted by Crippen LogP contribution is -2.35. The van der Waals surface area contributed by atoms with E-state index in [1.807, 2.05) is 54.6 Å². The first-order valence-electron chi connectivity index (χ1n) is 8.09. The largest absolute Gasteiger partial charge is 0.480 e. The van der Waals surface area contributed by atoms with Crippen molar-refractivity contribution < 1.29 is 9.90 Å². The third-order valence-corrected chi connectivity index (χ3v) is 4.48. The van der Waals surface area contributed by atoms with Gasteiger partial charge < -0.3 is 15.0 Å². The molecule has 0 unspecified atom stereocenters. The van der Waals surface area contributed by atoms with Crippen molar-refractivity contribution in [2.24, 2.45) is 7.05 Å². The van der Waals surface area contributed by atoms with Gasteiger partial charge in [-0.05, 0) is 42.1 Å². The molecule has 0 aliphatic rings. The summed E-state index contributed by atoms with van der Waals surface area (Å²) in [7, 11) is 3.40. The Hall–Kier alpha value is -2.63. The van der Waals surface area contributed by atoms with Crippen molar-refractivity contribution in [2.45, 2.75) is 12.5 Å². The standard InChI is InChI=1S/C20H20N2O3.ClH/c1-21-17(20(24)25)11-13-7-9-14(10-8-13)16-12-15-5-3-4-6-18(15)22(2)19(16)23;/h3-10,12,17,21H,11H2,1-2H3,(H,24,25);1H/t17-;/m0./s1. The second kappa shape index (κ2) is 8.17. The predicted octanol–water partition coefficient (Wildman–Crippen LogP) is 2.84. The van der Waals surface area contributed by atoms with E-state index in [1.54, 1.807) is 18.7 Å². The van der Waals surface area contributed by atoms with Crippen LogP contribution in [0.25, 0.3) is 22.0 Å². The summed E-state index contributed by atoms with van der Waals surface area (Å²) in [5.41, 5.74) is 3.21. The van der Waals surface area contributed by atoms with E-state index in [-0.39, 0.29) is 18.0 Å².